The van der Waals surface area contributed by atoms with E-state index in [0.717, 1.165) is 37.7 Å². The lowest BCUT2D eigenvalue weighted by atomic mass is 9.95. The molecule has 128 valence electrons. The molecule has 1 aliphatic heterocycles. The zero-order chi connectivity index (χ0) is 16.8. The topological polar surface area (TPSA) is 24.5 Å². The second-order valence-corrected chi connectivity index (χ2v) is 6.92. The Morgan fingerprint density at radius 1 is 0.917 bits per heavy atom. The molecule has 1 N–H and O–H groups in total. The van der Waals surface area contributed by atoms with Gasteiger partial charge in [-0.3, -0.25) is 4.90 Å². The van der Waals surface area contributed by atoms with Gasteiger partial charge in [-0.05, 0) is 42.2 Å². The van der Waals surface area contributed by atoms with Crippen molar-refractivity contribution in [1.29, 1.82) is 0 Å². The molecule has 24 heavy (non-hydrogen) atoms. The highest BCUT2D eigenvalue weighted by Crippen LogP contribution is 2.30. The molecule has 2 aromatic rings. The first-order valence-corrected chi connectivity index (χ1v) is 9.00. The first-order valence-electron chi connectivity index (χ1n) is 9.00. The van der Waals surface area contributed by atoms with Crippen LogP contribution < -0.4 is 10.1 Å². The zero-order valence-corrected chi connectivity index (χ0v) is 14.7. The van der Waals surface area contributed by atoms with Gasteiger partial charge in [-0.2, -0.15) is 0 Å². The monoisotopic (exact) mass is 324 g/mol. The molecule has 0 saturated carbocycles. The molecule has 3 rings (SSSR count). The second kappa shape index (κ2) is 8.32. The van der Waals surface area contributed by atoms with E-state index in [9.17, 15) is 0 Å². The molecule has 0 radical (unpaired) electrons. The van der Waals surface area contributed by atoms with Gasteiger partial charge in [0, 0.05) is 32.2 Å². The van der Waals surface area contributed by atoms with Crippen LogP contribution >= 0.6 is 0 Å². The molecule has 1 aliphatic rings. The molecule has 1 saturated heterocycles. The van der Waals surface area contributed by atoms with Crippen molar-refractivity contribution in [2.45, 2.75) is 26.3 Å². The van der Waals surface area contributed by atoms with Crippen LogP contribution in [0.5, 0.6) is 11.5 Å². The van der Waals surface area contributed by atoms with Gasteiger partial charge in [-0.25, -0.2) is 0 Å². The zero-order valence-electron chi connectivity index (χ0n) is 14.7. The summed E-state index contributed by atoms with van der Waals surface area (Å²) in [6, 6.07) is 19.1. The summed E-state index contributed by atoms with van der Waals surface area (Å²) in [4.78, 5) is 2.61. The predicted molar refractivity (Wildman–Crippen MR) is 99.6 cm³/mol. The molecule has 0 spiro atoms. The summed E-state index contributed by atoms with van der Waals surface area (Å²) >= 11 is 0. The molecule has 1 heterocycles. The summed E-state index contributed by atoms with van der Waals surface area (Å²) in [6.07, 6.45) is 1.19. The standard InChI is InChI=1S/C21H28N2O/c1-17(2)16-21(23-14-12-22-13-15-23)18-8-10-20(11-9-18)24-19-6-4-3-5-7-19/h3-11,17,21-22H,12-16H2,1-2H3/t21-/m0/s1. The lowest BCUT2D eigenvalue weighted by molar-refractivity contribution is 0.154. The van der Waals surface area contributed by atoms with Gasteiger partial charge < -0.3 is 10.1 Å². The molecule has 2 aromatic carbocycles. The second-order valence-electron chi connectivity index (χ2n) is 6.92. The van der Waals surface area contributed by atoms with Gasteiger partial charge in [-0.1, -0.05) is 44.2 Å². The molecule has 0 bridgehead atoms. The van der Waals surface area contributed by atoms with E-state index in [-0.39, 0.29) is 0 Å². The average molecular weight is 324 g/mol. The van der Waals surface area contributed by atoms with Crippen LogP contribution in [-0.2, 0) is 0 Å². The van der Waals surface area contributed by atoms with Crippen LogP contribution in [0.1, 0.15) is 31.9 Å². The fourth-order valence-corrected chi connectivity index (χ4v) is 3.32. The maximum atomic E-state index is 5.92. The first-order chi connectivity index (χ1) is 11.7. The average Bonchev–Trinajstić information content (AvgIpc) is 2.62. The summed E-state index contributed by atoms with van der Waals surface area (Å²) in [5.41, 5.74) is 1.39. The molecule has 1 fully saturated rings. The van der Waals surface area contributed by atoms with Gasteiger partial charge >= 0.3 is 0 Å². The number of ether oxygens (including phenoxy) is 1. The summed E-state index contributed by atoms with van der Waals surface area (Å²) in [7, 11) is 0. The maximum absolute atomic E-state index is 5.92. The summed E-state index contributed by atoms with van der Waals surface area (Å²) in [5.74, 6) is 2.46. The van der Waals surface area contributed by atoms with Gasteiger partial charge in [-0.15, -0.1) is 0 Å². The van der Waals surface area contributed by atoms with Gasteiger partial charge in [0.15, 0.2) is 0 Å². The number of nitrogens with one attached hydrogen (secondary N) is 1. The van der Waals surface area contributed by atoms with Crippen molar-refractivity contribution in [3.63, 3.8) is 0 Å². The van der Waals surface area contributed by atoms with E-state index in [0.29, 0.717) is 12.0 Å². The number of piperazine rings is 1. The Labute approximate surface area is 145 Å². The molecule has 0 unspecified atom stereocenters. The van der Waals surface area contributed by atoms with Crippen LogP contribution in [0.3, 0.4) is 0 Å². The lowest BCUT2D eigenvalue weighted by Gasteiger charge is -2.36. The molecule has 3 nitrogen and oxygen atoms in total. The van der Waals surface area contributed by atoms with Crippen molar-refractivity contribution < 1.29 is 4.74 Å². The molecule has 0 amide bonds. The van der Waals surface area contributed by atoms with Gasteiger partial charge in [0.2, 0.25) is 0 Å². The molecule has 1 atom stereocenters. The highest BCUT2D eigenvalue weighted by atomic mass is 16.5. The number of benzene rings is 2. The van der Waals surface area contributed by atoms with E-state index in [4.69, 9.17) is 4.74 Å². The minimum atomic E-state index is 0.498. The number of hydrogen-bond donors (Lipinski definition) is 1. The normalized spacial score (nSPS) is 17.0. The quantitative estimate of drug-likeness (QED) is 0.848. The van der Waals surface area contributed by atoms with E-state index in [2.05, 4.69) is 48.3 Å². The molecule has 0 aromatic heterocycles. The van der Waals surface area contributed by atoms with Crippen LogP contribution in [0.15, 0.2) is 54.6 Å². The van der Waals surface area contributed by atoms with Gasteiger partial charge in [0.05, 0.1) is 0 Å². The third kappa shape index (κ3) is 4.59. The van der Waals surface area contributed by atoms with Crippen LogP contribution in [0.2, 0.25) is 0 Å². The smallest absolute Gasteiger partial charge is 0.127 e. The van der Waals surface area contributed by atoms with Gasteiger partial charge in [0.25, 0.3) is 0 Å². The summed E-state index contributed by atoms with van der Waals surface area (Å²) in [5, 5.41) is 3.45. The molecular formula is C21H28N2O. The summed E-state index contributed by atoms with van der Waals surface area (Å²) < 4.78 is 5.92. The van der Waals surface area contributed by atoms with Crippen molar-refractivity contribution in [2.24, 2.45) is 5.92 Å². The Hall–Kier alpha value is -1.84. The number of hydrogen-bond acceptors (Lipinski definition) is 3. The van der Waals surface area contributed by atoms with E-state index >= 15 is 0 Å². The molecule has 3 heteroatoms. The highest BCUT2D eigenvalue weighted by Gasteiger charge is 2.23. The van der Waals surface area contributed by atoms with Crippen molar-refractivity contribution in [1.82, 2.24) is 10.2 Å². The fourth-order valence-electron chi connectivity index (χ4n) is 3.32. The van der Waals surface area contributed by atoms with Crippen LogP contribution in [0.4, 0.5) is 0 Å². The minimum Gasteiger partial charge on any atom is -0.457 e. The first kappa shape index (κ1) is 17.0. The molecular weight excluding hydrogens is 296 g/mol. The van der Waals surface area contributed by atoms with E-state index < -0.39 is 0 Å². The predicted octanol–water partition coefficient (Wildman–Crippen LogP) is 4.47. The lowest BCUT2D eigenvalue weighted by Crippen LogP contribution is -2.45. The van der Waals surface area contributed by atoms with Crippen LogP contribution in [-0.4, -0.2) is 31.1 Å². The minimum absolute atomic E-state index is 0.498. The van der Waals surface area contributed by atoms with Crippen LogP contribution in [0.25, 0.3) is 0 Å². The van der Waals surface area contributed by atoms with Gasteiger partial charge in [0.1, 0.15) is 11.5 Å². The number of para-hydroxylation sites is 1. The maximum Gasteiger partial charge on any atom is 0.127 e. The van der Waals surface area contributed by atoms with E-state index in [1.54, 1.807) is 0 Å². The van der Waals surface area contributed by atoms with E-state index in [1.165, 1.54) is 12.0 Å². The molecule has 0 aliphatic carbocycles. The SMILES string of the molecule is CC(C)C[C@@H](c1ccc(Oc2ccccc2)cc1)N1CCNCC1. The number of rotatable bonds is 6. The van der Waals surface area contributed by atoms with Crippen molar-refractivity contribution in [3.05, 3.63) is 60.2 Å². The number of nitrogens with zero attached hydrogens (tertiary/aromatic N) is 1. The summed E-state index contributed by atoms with van der Waals surface area (Å²) in [6.45, 7) is 9.04. The Morgan fingerprint density at radius 2 is 1.54 bits per heavy atom. The Morgan fingerprint density at radius 3 is 2.17 bits per heavy atom. The Bertz CT molecular complexity index is 603. The van der Waals surface area contributed by atoms with Crippen LogP contribution in [0, 0.1) is 5.92 Å². The Balaban J connectivity index is 1.73. The van der Waals surface area contributed by atoms with E-state index in [1.807, 2.05) is 30.3 Å². The van der Waals surface area contributed by atoms with Crippen molar-refractivity contribution in [2.75, 3.05) is 26.2 Å². The largest absolute Gasteiger partial charge is 0.457 e. The third-order valence-electron chi connectivity index (χ3n) is 4.53. The fraction of sp³-hybridized carbons (Fsp3) is 0.429. The van der Waals surface area contributed by atoms with Crippen molar-refractivity contribution >= 4 is 0 Å². The van der Waals surface area contributed by atoms with Crippen molar-refractivity contribution in [3.8, 4) is 11.5 Å². The Kier molecular flexibility index (Phi) is 5.89. The third-order valence-corrected chi connectivity index (χ3v) is 4.53. The highest BCUT2D eigenvalue weighted by molar-refractivity contribution is 5.34.